The van der Waals surface area contributed by atoms with Gasteiger partial charge in [-0.15, -0.1) is 0 Å². The second-order valence-electron chi connectivity index (χ2n) is 10.2. The lowest BCUT2D eigenvalue weighted by molar-refractivity contribution is -0.145. The van der Waals surface area contributed by atoms with Crippen LogP contribution in [-0.4, -0.2) is 41.9 Å². The van der Waals surface area contributed by atoms with Gasteiger partial charge < -0.3 is 24.8 Å². The molecule has 0 saturated carbocycles. The van der Waals surface area contributed by atoms with Crippen molar-refractivity contribution in [1.82, 2.24) is 10.6 Å². The third-order valence-electron chi connectivity index (χ3n) is 5.46. The summed E-state index contributed by atoms with van der Waals surface area (Å²) in [6.07, 6.45) is -1.27. The molecule has 2 amide bonds. The minimum atomic E-state index is -0.902. The van der Waals surface area contributed by atoms with Crippen LogP contribution in [0.2, 0.25) is 0 Å². The van der Waals surface area contributed by atoms with Gasteiger partial charge in [0, 0.05) is 18.0 Å². The number of carbonyl (C=O) groups excluding carboxylic acids is 4. The summed E-state index contributed by atoms with van der Waals surface area (Å²) in [4.78, 5) is 50.0. The maximum atomic E-state index is 13.1. The number of ether oxygens (including phenoxy) is 3. The molecule has 3 aromatic rings. The Morgan fingerprint density at radius 3 is 2.05 bits per heavy atom. The van der Waals surface area contributed by atoms with E-state index in [0.717, 1.165) is 5.56 Å². The highest BCUT2D eigenvalue weighted by atomic mass is 19.1. The van der Waals surface area contributed by atoms with Gasteiger partial charge in [0.05, 0.1) is 13.0 Å². The van der Waals surface area contributed by atoms with Gasteiger partial charge in [0.1, 0.15) is 29.5 Å². The van der Waals surface area contributed by atoms with E-state index in [4.69, 9.17) is 14.2 Å². The molecule has 0 bridgehead atoms. The molecular weight excluding hydrogens is 531 g/mol. The smallest absolute Gasteiger partial charge is 0.407 e. The maximum Gasteiger partial charge on any atom is 0.407 e. The molecule has 0 aliphatic heterocycles. The van der Waals surface area contributed by atoms with Crippen LogP contribution in [0.15, 0.2) is 78.9 Å². The number of ketones is 1. The lowest BCUT2D eigenvalue weighted by Crippen LogP contribution is -2.42. The van der Waals surface area contributed by atoms with Gasteiger partial charge in [-0.2, -0.15) is 0 Å². The van der Waals surface area contributed by atoms with Crippen LogP contribution >= 0.6 is 0 Å². The predicted molar refractivity (Wildman–Crippen MR) is 149 cm³/mol. The molecular formula is C31H33FN2O7. The molecule has 216 valence electrons. The molecule has 41 heavy (non-hydrogen) atoms. The van der Waals surface area contributed by atoms with Crippen molar-refractivity contribution >= 4 is 23.8 Å². The van der Waals surface area contributed by atoms with E-state index in [0.29, 0.717) is 11.5 Å². The Labute approximate surface area is 238 Å². The van der Waals surface area contributed by atoms with Crippen LogP contribution in [0, 0.1) is 5.82 Å². The number of benzene rings is 3. The highest BCUT2D eigenvalue weighted by Crippen LogP contribution is 2.22. The molecule has 0 saturated heterocycles. The second-order valence-corrected chi connectivity index (χ2v) is 10.2. The highest BCUT2D eigenvalue weighted by molar-refractivity contribution is 5.97. The van der Waals surface area contributed by atoms with Crippen LogP contribution in [0.4, 0.5) is 9.18 Å². The topological polar surface area (TPSA) is 120 Å². The van der Waals surface area contributed by atoms with Crippen molar-refractivity contribution in [3.8, 4) is 11.5 Å². The third-order valence-corrected chi connectivity index (χ3v) is 5.46. The summed E-state index contributed by atoms with van der Waals surface area (Å²) in [5.41, 5.74) is 0.309. The number of Topliss-reactive ketones (excluding diaryl/α,β-unsaturated/α-hetero) is 1. The van der Waals surface area contributed by atoms with E-state index in [2.05, 4.69) is 10.6 Å². The minimum Gasteiger partial charge on any atom is -0.461 e. The van der Waals surface area contributed by atoms with E-state index >= 15 is 0 Å². The van der Waals surface area contributed by atoms with Crippen LogP contribution in [0.1, 0.15) is 49.5 Å². The summed E-state index contributed by atoms with van der Waals surface area (Å²) in [6, 6.07) is 19.9. The lowest BCUT2D eigenvalue weighted by Gasteiger charge is -2.23. The van der Waals surface area contributed by atoms with E-state index < -0.39 is 35.4 Å². The maximum absolute atomic E-state index is 13.1. The van der Waals surface area contributed by atoms with E-state index in [1.165, 1.54) is 36.4 Å². The van der Waals surface area contributed by atoms with Crippen LogP contribution in [0.3, 0.4) is 0 Å². The van der Waals surface area contributed by atoms with Crippen LogP contribution in [0.5, 0.6) is 11.5 Å². The highest BCUT2D eigenvalue weighted by Gasteiger charge is 2.24. The summed E-state index contributed by atoms with van der Waals surface area (Å²) in [5, 5.41) is 5.09. The van der Waals surface area contributed by atoms with Gasteiger partial charge in [-0.1, -0.05) is 30.3 Å². The lowest BCUT2D eigenvalue weighted by atomic mass is 10.1. The fourth-order valence-corrected chi connectivity index (χ4v) is 3.59. The van der Waals surface area contributed by atoms with Crippen molar-refractivity contribution < 1.29 is 37.8 Å². The normalized spacial score (nSPS) is 11.6. The first-order valence-electron chi connectivity index (χ1n) is 13.0. The number of amides is 2. The summed E-state index contributed by atoms with van der Waals surface area (Å²) >= 11 is 0. The quantitative estimate of drug-likeness (QED) is 0.285. The molecule has 0 heterocycles. The van der Waals surface area contributed by atoms with E-state index in [1.54, 1.807) is 32.9 Å². The Bertz CT molecular complexity index is 1320. The molecule has 3 rings (SSSR count). The zero-order valence-electron chi connectivity index (χ0n) is 23.1. The van der Waals surface area contributed by atoms with Crippen molar-refractivity contribution in [3.63, 3.8) is 0 Å². The molecule has 0 fully saturated rings. The van der Waals surface area contributed by atoms with Gasteiger partial charge in [-0.05, 0) is 74.9 Å². The number of hydrogen-bond acceptors (Lipinski definition) is 7. The number of carbonyl (C=O) groups is 4. The summed E-state index contributed by atoms with van der Waals surface area (Å²) < 4.78 is 29.2. The van der Waals surface area contributed by atoms with E-state index in [9.17, 15) is 23.6 Å². The largest absolute Gasteiger partial charge is 0.461 e. The second kappa shape index (κ2) is 14.6. The van der Waals surface area contributed by atoms with Crippen LogP contribution in [-0.2, 0) is 25.7 Å². The van der Waals surface area contributed by atoms with Crippen molar-refractivity contribution in [1.29, 1.82) is 0 Å². The third kappa shape index (κ3) is 11.5. The standard InChI is InChI=1S/C31H33FN2O7/c1-31(2,3)41-30(38)34-24(18-28(36)39-20-21-7-5-4-6-8-21)17-25(35)19-33-29(37)22-9-13-26(14-10-22)40-27-15-11-23(32)12-16-27/h4-16,24H,17-20H2,1-3H3,(H,33,37)(H,34,38)/t24-/m1/s1. The van der Waals surface area contributed by atoms with Gasteiger partial charge >= 0.3 is 12.1 Å². The average molecular weight is 565 g/mol. The summed E-state index contributed by atoms with van der Waals surface area (Å²) in [5.74, 6) is -1.01. The first kappa shape index (κ1) is 30.8. The molecule has 2 N–H and O–H groups in total. The fourth-order valence-electron chi connectivity index (χ4n) is 3.59. The fraction of sp³-hybridized carbons (Fsp3) is 0.290. The van der Waals surface area contributed by atoms with Gasteiger partial charge in [0.2, 0.25) is 0 Å². The first-order valence-corrected chi connectivity index (χ1v) is 13.0. The van der Waals surface area contributed by atoms with Crippen molar-refractivity contribution in [3.05, 3.63) is 95.8 Å². The van der Waals surface area contributed by atoms with Crippen molar-refractivity contribution in [2.24, 2.45) is 0 Å². The molecule has 9 nitrogen and oxygen atoms in total. The molecule has 0 spiro atoms. The predicted octanol–water partition coefficient (Wildman–Crippen LogP) is 5.33. The van der Waals surface area contributed by atoms with Gasteiger partial charge in [-0.25, -0.2) is 9.18 Å². The summed E-state index contributed by atoms with van der Waals surface area (Å²) in [7, 11) is 0. The molecule has 0 aliphatic carbocycles. The number of esters is 1. The average Bonchev–Trinajstić information content (AvgIpc) is 2.91. The van der Waals surface area contributed by atoms with Crippen LogP contribution in [0.25, 0.3) is 0 Å². The van der Waals surface area contributed by atoms with Gasteiger partial charge in [-0.3, -0.25) is 14.4 Å². The zero-order chi connectivity index (χ0) is 29.8. The Morgan fingerprint density at radius 1 is 0.829 bits per heavy atom. The number of rotatable bonds is 12. The molecule has 3 aromatic carbocycles. The Balaban J connectivity index is 1.52. The summed E-state index contributed by atoms with van der Waals surface area (Å²) in [6.45, 7) is 4.81. The molecule has 0 unspecified atom stereocenters. The number of hydrogen-bond donors (Lipinski definition) is 2. The van der Waals surface area contributed by atoms with Crippen molar-refractivity contribution in [2.45, 2.75) is 51.9 Å². The minimum absolute atomic E-state index is 0.0521. The van der Waals surface area contributed by atoms with Crippen LogP contribution < -0.4 is 15.4 Å². The molecule has 0 aliphatic rings. The SMILES string of the molecule is CC(C)(C)OC(=O)N[C@H](CC(=O)CNC(=O)c1ccc(Oc2ccc(F)cc2)cc1)CC(=O)OCc1ccccc1. The van der Waals surface area contributed by atoms with Gasteiger partial charge in [0.15, 0.2) is 5.78 Å². The first-order chi connectivity index (χ1) is 19.5. The molecule has 0 radical (unpaired) electrons. The van der Waals surface area contributed by atoms with E-state index in [1.807, 2.05) is 30.3 Å². The number of alkyl carbamates (subject to hydrolysis) is 1. The van der Waals surface area contributed by atoms with Gasteiger partial charge in [0.25, 0.3) is 5.91 Å². The number of nitrogens with one attached hydrogen (secondary N) is 2. The van der Waals surface area contributed by atoms with Crippen molar-refractivity contribution in [2.75, 3.05) is 6.54 Å². The molecule has 10 heteroatoms. The van der Waals surface area contributed by atoms with E-state index in [-0.39, 0.29) is 37.4 Å². The Hall–Kier alpha value is -4.73. The Morgan fingerprint density at radius 2 is 1.44 bits per heavy atom. The molecule has 1 atom stereocenters. The number of halogens is 1. The Kier molecular flexibility index (Phi) is 11.0. The zero-order valence-corrected chi connectivity index (χ0v) is 23.1. The molecule has 0 aromatic heterocycles. The monoisotopic (exact) mass is 564 g/mol.